The number of hydrogen-bond donors (Lipinski definition) is 1. The van der Waals surface area contributed by atoms with E-state index in [1.54, 1.807) is 0 Å². The van der Waals surface area contributed by atoms with Crippen LogP contribution < -0.4 is 0 Å². The van der Waals surface area contributed by atoms with Crippen molar-refractivity contribution < 1.29 is 9.90 Å². The summed E-state index contributed by atoms with van der Waals surface area (Å²) < 4.78 is 0. The molecule has 1 N–H and O–H groups in total. The van der Waals surface area contributed by atoms with Crippen LogP contribution in [0.5, 0.6) is 0 Å². The summed E-state index contributed by atoms with van der Waals surface area (Å²) in [6, 6.07) is 6.47. The largest absolute Gasteiger partial charge is 0.481 e. The number of carbonyl (C=O) groups is 1. The summed E-state index contributed by atoms with van der Waals surface area (Å²) in [5.41, 5.74) is 3.76. The summed E-state index contributed by atoms with van der Waals surface area (Å²) in [6.45, 7) is 4.21. The van der Waals surface area contributed by atoms with Crippen molar-refractivity contribution in [1.82, 2.24) is 0 Å². The Labute approximate surface area is 102 Å². The van der Waals surface area contributed by atoms with Crippen LogP contribution in [0.15, 0.2) is 18.2 Å². The molecule has 0 aromatic heterocycles. The molecular formula is C15H18O2. The molecule has 3 aliphatic carbocycles. The van der Waals surface area contributed by atoms with Gasteiger partial charge in [0.15, 0.2) is 0 Å². The van der Waals surface area contributed by atoms with Gasteiger partial charge in [-0.15, -0.1) is 0 Å². The number of rotatable bonds is 2. The number of aryl methyl sites for hydroxylation is 2. The first-order chi connectivity index (χ1) is 8.04. The second kappa shape index (κ2) is 3.34. The third-order valence-corrected chi connectivity index (χ3v) is 5.00. The van der Waals surface area contributed by atoms with E-state index in [4.69, 9.17) is 0 Å². The number of hydrogen-bond acceptors (Lipinski definition) is 1. The number of benzene rings is 1. The van der Waals surface area contributed by atoms with E-state index < -0.39 is 5.97 Å². The highest BCUT2D eigenvalue weighted by Gasteiger charge is 2.62. The van der Waals surface area contributed by atoms with E-state index in [0.717, 1.165) is 19.3 Å². The minimum atomic E-state index is -0.600. The molecule has 2 bridgehead atoms. The van der Waals surface area contributed by atoms with Crippen LogP contribution in [-0.2, 0) is 10.2 Å². The highest BCUT2D eigenvalue weighted by Crippen LogP contribution is 2.64. The summed E-state index contributed by atoms with van der Waals surface area (Å²) in [5.74, 6) is -0.310. The first-order valence-electron chi connectivity index (χ1n) is 6.35. The SMILES string of the molecule is Cc1ccc(C23CCC(C2)C3C(=O)O)cc1C. The molecule has 1 aromatic carbocycles. The number of fused-ring (bicyclic) bond motifs is 1. The maximum Gasteiger partial charge on any atom is 0.307 e. The van der Waals surface area contributed by atoms with Crippen LogP contribution in [0.4, 0.5) is 0 Å². The van der Waals surface area contributed by atoms with Crippen molar-refractivity contribution >= 4 is 5.97 Å². The summed E-state index contributed by atoms with van der Waals surface area (Å²) in [4.78, 5) is 11.4. The molecule has 0 heterocycles. The Morgan fingerprint density at radius 2 is 2.12 bits per heavy atom. The quantitative estimate of drug-likeness (QED) is 0.847. The van der Waals surface area contributed by atoms with Gasteiger partial charge in [-0.05, 0) is 55.7 Å². The van der Waals surface area contributed by atoms with E-state index in [-0.39, 0.29) is 11.3 Å². The minimum absolute atomic E-state index is 0.0467. The highest BCUT2D eigenvalue weighted by molar-refractivity contribution is 5.75. The molecule has 3 aliphatic rings. The van der Waals surface area contributed by atoms with Crippen LogP contribution in [0.25, 0.3) is 0 Å². The zero-order chi connectivity index (χ0) is 12.2. The number of carboxylic acid groups (broad SMARTS) is 1. The lowest BCUT2D eigenvalue weighted by Crippen LogP contribution is -2.48. The maximum atomic E-state index is 11.4. The van der Waals surface area contributed by atoms with Crippen molar-refractivity contribution in [2.75, 3.05) is 0 Å². The molecule has 90 valence electrons. The normalized spacial score (nSPS) is 34.5. The van der Waals surface area contributed by atoms with Gasteiger partial charge in [0, 0.05) is 5.41 Å². The summed E-state index contributed by atoms with van der Waals surface area (Å²) in [6.07, 6.45) is 3.22. The molecule has 17 heavy (non-hydrogen) atoms. The molecule has 0 amide bonds. The van der Waals surface area contributed by atoms with Crippen molar-refractivity contribution in [1.29, 1.82) is 0 Å². The predicted molar refractivity (Wildman–Crippen MR) is 66.1 cm³/mol. The zero-order valence-corrected chi connectivity index (χ0v) is 10.4. The smallest absolute Gasteiger partial charge is 0.307 e. The summed E-state index contributed by atoms with van der Waals surface area (Å²) in [7, 11) is 0. The Bertz CT molecular complexity index is 488. The van der Waals surface area contributed by atoms with Gasteiger partial charge in [-0.3, -0.25) is 4.79 Å². The Morgan fingerprint density at radius 3 is 2.71 bits per heavy atom. The average Bonchev–Trinajstić information content (AvgIpc) is 2.80. The molecule has 3 atom stereocenters. The Morgan fingerprint density at radius 1 is 1.35 bits per heavy atom. The average molecular weight is 230 g/mol. The van der Waals surface area contributed by atoms with Gasteiger partial charge in [0.25, 0.3) is 0 Å². The molecule has 0 spiro atoms. The third-order valence-electron chi connectivity index (χ3n) is 5.00. The van der Waals surface area contributed by atoms with E-state index in [1.807, 2.05) is 0 Å². The fourth-order valence-corrected chi connectivity index (χ4v) is 3.90. The molecule has 0 radical (unpaired) electrons. The van der Waals surface area contributed by atoms with E-state index in [0.29, 0.717) is 5.92 Å². The lowest BCUT2D eigenvalue weighted by molar-refractivity contribution is -0.150. The molecule has 1 aromatic rings. The second-order valence-corrected chi connectivity index (χ2v) is 5.77. The van der Waals surface area contributed by atoms with E-state index in [1.165, 1.54) is 16.7 Å². The third kappa shape index (κ3) is 1.30. The molecule has 3 unspecified atom stereocenters. The van der Waals surface area contributed by atoms with E-state index >= 15 is 0 Å². The highest BCUT2D eigenvalue weighted by atomic mass is 16.4. The van der Waals surface area contributed by atoms with Crippen LogP contribution >= 0.6 is 0 Å². The second-order valence-electron chi connectivity index (χ2n) is 5.77. The number of carboxylic acids is 1. The van der Waals surface area contributed by atoms with Crippen LogP contribution in [0, 0.1) is 25.7 Å². The van der Waals surface area contributed by atoms with Gasteiger partial charge >= 0.3 is 5.97 Å². The molecule has 2 nitrogen and oxygen atoms in total. The fourth-order valence-electron chi connectivity index (χ4n) is 3.90. The molecule has 3 saturated carbocycles. The van der Waals surface area contributed by atoms with E-state index in [9.17, 15) is 9.90 Å². The van der Waals surface area contributed by atoms with Crippen LogP contribution in [0.2, 0.25) is 0 Å². The number of aliphatic carboxylic acids is 1. The lowest BCUT2D eigenvalue weighted by Gasteiger charge is -2.45. The molecule has 2 heteroatoms. The topological polar surface area (TPSA) is 37.3 Å². The van der Waals surface area contributed by atoms with Gasteiger partial charge in [-0.2, -0.15) is 0 Å². The van der Waals surface area contributed by atoms with E-state index in [2.05, 4.69) is 32.0 Å². The van der Waals surface area contributed by atoms with Gasteiger partial charge in [0.2, 0.25) is 0 Å². The van der Waals surface area contributed by atoms with Crippen LogP contribution in [0.3, 0.4) is 0 Å². The van der Waals surface area contributed by atoms with Gasteiger partial charge in [0.05, 0.1) is 5.92 Å². The molecule has 3 fully saturated rings. The Hall–Kier alpha value is -1.31. The fraction of sp³-hybridized carbons (Fsp3) is 0.533. The zero-order valence-electron chi connectivity index (χ0n) is 10.4. The predicted octanol–water partition coefficient (Wildman–Crippen LogP) is 3.06. The van der Waals surface area contributed by atoms with Gasteiger partial charge < -0.3 is 5.11 Å². The standard InChI is InChI=1S/C15H18O2/c1-9-3-4-12(7-10(9)2)15-6-5-11(8-15)13(15)14(16)17/h3-4,7,11,13H,5-6,8H2,1-2H3,(H,16,17). The van der Waals surface area contributed by atoms with Gasteiger partial charge in [-0.25, -0.2) is 0 Å². The monoisotopic (exact) mass is 230 g/mol. The minimum Gasteiger partial charge on any atom is -0.481 e. The summed E-state index contributed by atoms with van der Waals surface area (Å²) in [5, 5.41) is 9.36. The van der Waals surface area contributed by atoms with Crippen molar-refractivity contribution in [3.8, 4) is 0 Å². The van der Waals surface area contributed by atoms with Crippen molar-refractivity contribution in [3.05, 3.63) is 34.9 Å². The lowest BCUT2D eigenvalue weighted by atomic mass is 9.57. The Balaban J connectivity index is 2.03. The van der Waals surface area contributed by atoms with Crippen LogP contribution in [-0.4, -0.2) is 11.1 Å². The van der Waals surface area contributed by atoms with Gasteiger partial charge in [-0.1, -0.05) is 18.2 Å². The first-order valence-corrected chi connectivity index (χ1v) is 6.35. The maximum absolute atomic E-state index is 11.4. The first kappa shape index (κ1) is 10.8. The van der Waals surface area contributed by atoms with Crippen LogP contribution in [0.1, 0.15) is 36.0 Å². The van der Waals surface area contributed by atoms with Crippen molar-refractivity contribution in [2.45, 2.75) is 38.5 Å². The Kier molecular flexibility index (Phi) is 2.13. The van der Waals surface area contributed by atoms with Crippen molar-refractivity contribution in [2.24, 2.45) is 11.8 Å². The molecule has 0 aliphatic heterocycles. The summed E-state index contributed by atoms with van der Waals surface area (Å²) >= 11 is 0. The molecule has 4 rings (SSSR count). The molecular weight excluding hydrogens is 212 g/mol. The van der Waals surface area contributed by atoms with Gasteiger partial charge in [0.1, 0.15) is 0 Å². The van der Waals surface area contributed by atoms with Crippen molar-refractivity contribution in [3.63, 3.8) is 0 Å². The molecule has 0 saturated heterocycles.